The molecule has 0 amide bonds. The summed E-state index contributed by atoms with van der Waals surface area (Å²) in [6, 6.07) is 9.82. The molecular formula is C30H33N3O10. The van der Waals surface area contributed by atoms with Gasteiger partial charge in [0.15, 0.2) is 11.8 Å². The fraction of sp³-hybridized carbons (Fsp3) is 0.467. The molecule has 0 bridgehead atoms. The van der Waals surface area contributed by atoms with Crippen LogP contribution in [0.5, 0.6) is 5.88 Å². The number of rotatable bonds is 7. The van der Waals surface area contributed by atoms with Crippen LogP contribution in [0.15, 0.2) is 30.3 Å². The Labute approximate surface area is 247 Å². The Morgan fingerprint density at radius 3 is 1.93 bits per heavy atom. The largest absolute Gasteiger partial charge is 0.454 e. The minimum Gasteiger partial charge on any atom is -0.454 e. The smallest absolute Gasteiger partial charge is 0.305 e. The molecule has 5 atom stereocenters. The second kappa shape index (κ2) is 12.4. The second-order valence-electron chi connectivity index (χ2n) is 10.4. The lowest BCUT2D eigenvalue weighted by Gasteiger charge is -2.43. The lowest BCUT2D eigenvalue weighted by Crippen LogP contribution is -2.63. The Hall–Kier alpha value is -4.52. The van der Waals surface area contributed by atoms with Crippen molar-refractivity contribution in [3.8, 4) is 17.1 Å². The SMILES string of the molecule is CC(=O)O[C@@H]1O[C@H](Oc2nc3c(c(-c4ccccc4)nn3C)c3c2CCCC3)[C@H](OC(C)=O)[C@H](OC(C)=O)[C@@H]1OC(C)=O. The van der Waals surface area contributed by atoms with Gasteiger partial charge in [0, 0.05) is 45.9 Å². The van der Waals surface area contributed by atoms with Gasteiger partial charge in [-0.3, -0.25) is 23.9 Å². The summed E-state index contributed by atoms with van der Waals surface area (Å²) in [6.07, 6.45) is -4.08. The molecule has 3 heterocycles. The third-order valence-electron chi connectivity index (χ3n) is 7.17. The number of pyridine rings is 1. The molecular weight excluding hydrogens is 562 g/mol. The van der Waals surface area contributed by atoms with E-state index in [1.54, 1.807) is 11.7 Å². The van der Waals surface area contributed by atoms with E-state index in [1.165, 1.54) is 0 Å². The summed E-state index contributed by atoms with van der Waals surface area (Å²) in [5.41, 5.74) is 4.19. The summed E-state index contributed by atoms with van der Waals surface area (Å²) < 4.78 is 35.6. The van der Waals surface area contributed by atoms with Crippen LogP contribution in [0.2, 0.25) is 0 Å². The van der Waals surface area contributed by atoms with Crippen LogP contribution in [0.4, 0.5) is 0 Å². The molecule has 0 radical (unpaired) electrons. The van der Waals surface area contributed by atoms with E-state index >= 15 is 0 Å². The van der Waals surface area contributed by atoms with Gasteiger partial charge in [0.2, 0.25) is 30.7 Å². The van der Waals surface area contributed by atoms with E-state index in [9.17, 15) is 19.2 Å². The molecule has 1 saturated heterocycles. The highest BCUT2D eigenvalue weighted by molar-refractivity contribution is 5.95. The first kappa shape index (κ1) is 30.0. The van der Waals surface area contributed by atoms with Crippen molar-refractivity contribution in [3.05, 3.63) is 41.5 Å². The van der Waals surface area contributed by atoms with E-state index in [4.69, 9.17) is 38.5 Å². The number of hydrogen-bond donors (Lipinski definition) is 0. The second-order valence-corrected chi connectivity index (χ2v) is 10.4. The summed E-state index contributed by atoms with van der Waals surface area (Å²) in [4.78, 5) is 53.2. The molecule has 1 aliphatic heterocycles. The molecule has 228 valence electrons. The average Bonchev–Trinajstić information content (AvgIpc) is 3.28. The lowest BCUT2D eigenvalue weighted by atomic mass is 9.89. The highest BCUT2D eigenvalue weighted by Gasteiger charge is 2.55. The summed E-state index contributed by atoms with van der Waals surface area (Å²) in [5.74, 6) is -2.82. The van der Waals surface area contributed by atoms with Crippen LogP contribution in [0.1, 0.15) is 51.7 Å². The van der Waals surface area contributed by atoms with Crippen molar-refractivity contribution in [2.75, 3.05) is 0 Å². The van der Waals surface area contributed by atoms with Crippen LogP contribution < -0.4 is 4.74 Å². The third kappa shape index (κ3) is 6.31. The molecule has 13 heteroatoms. The molecule has 0 saturated carbocycles. The standard InChI is InChI=1S/C30H33N3O10/c1-15(34)38-24-25(39-16(2)35)29(41-18(4)37)43-30(26(24)40-17(3)36)42-28-21-14-10-9-13-20(21)22-23(19-11-7-6-8-12-19)32-33(5)27(22)31-28/h6-8,11-12,24-26,29-30H,9-10,13-14H2,1-5H3/t24-,25+,26-,29-,30+/m1/s1. The molecule has 2 aliphatic rings. The number of esters is 4. The number of aryl methyl sites for hydroxylation is 2. The maximum Gasteiger partial charge on any atom is 0.305 e. The molecule has 13 nitrogen and oxygen atoms in total. The van der Waals surface area contributed by atoms with Gasteiger partial charge < -0.3 is 23.7 Å². The van der Waals surface area contributed by atoms with Gasteiger partial charge in [-0.05, 0) is 31.2 Å². The van der Waals surface area contributed by atoms with Crippen molar-refractivity contribution >= 4 is 34.9 Å². The van der Waals surface area contributed by atoms with E-state index in [-0.39, 0.29) is 5.88 Å². The molecule has 43 heavy (non-hydrogen) atoms. The number of carbonyl (C=O) groups excluding carboxylic acids is 4. The minimum absolute atomic E-state index is 0.209. The van der Waals surface area contributed by atoms with Crippen molar-refractivity contribution in [1.82, 2.24) is 14.8 Å². The van der Waals surface area contributed by atoms with Crippen LogP contribution in [0.3, 0.4) is 0 Å². The fourth-order valence-electron chi connectivity index (χ4n) is 5.60. The molecule has 2 aromatic heterocycles. The van der Waals surface area contributed by atoms with Crippen molar-refractivity contribution in [2.45, 2.75) is 84.3 Å². The number of nitrogens with zero attached hydrogens (tertiary/aromatic N) is 3. The van der Waals surface area contributed by atoms with Crippen LogP contribution in [0, 0.1) is 0 Å². The van der Waals surface area contributed by atoms with E-state index < -0.39 is 54.8 Å². The molecule has 0 N–H and O–H groups in total. The van der Waals surface area contributed by atoms with Gasteiger partial charge in [0.25, 0.3) is 0 Å². The Kier molecular flexibility index (Phi) is 8.62. The Morgan fingerprint density at radius 2 is 1.33 bits per heavy atom. The first-order chi connectivity index (χ1) is 20.5. The Bertz CT molecular complexity index is 1550. The average molecular weight is 596 g/mol. The van der Waals surface area contributed by atoms with E-state index in [0.717, 1.165) is 74.7 Å². The maximum atomic E-state index is 12.2. The number of aromatic nitrogens is 3. The summed E-state index contributed by atoms with van der Waals surface area (Å²) in [7, 11) is 1.79. The lowest BCUT2D eigenvalue weighted by molar-refractivity contribution is -0.328. The van der Waals surface area contributed by atoms with Gasteiger partial charge in [0.05, 0.1) is 5.39 Å². The van der Waals surface area contributed by atoms with E-state index in [2.05, 4.69) is 0 Å². The number of fused-ring (bicyclic) bond motifs is 3. The molecule has 1 aliphatic carbocycles. The normalized spacial score (nSPS) is 23.1. The van der Waals surface area contributed by atoms with Gasteiger partial charge in [0.1, 0.15) is 5.69 Å². The van der Waals surface area contributed by atoms with Gasteiger partial charge in [-0.2, -0.15) is 10.1 Å². The van der Waals surface area contributed by atoms with Crippen LogP contribution in [0.25, 0.3) is 22.3 Å². The van der Waals surface area contributed by atoms with Crippen molar-refractivity contribution in [1.29, 1.82) is 0 Å². The van der Waals surface area contributed by atoms with Gasteiger partial charge in [-0.1, -0.05) is 30.3 Å². The zero-order valence-electron chi connectivity index (χ0n) is 24.5. The molecule has 3 aromatic rings. The Morgan fingerprint density at radius 1 is 0.767 bits per heavy atom. The number of hydrogen-bond acceptors (Lipinski definition) is 12. The third-order valence-corrected chi connectivity index (χ3v) is 7.17. The van der Waals surface area contributed by atoms with Crippen molar-refractivity contribution in [2.24, 2.45) is 7.05 Å². The first-order valence-corrected chi connectivity index (χ1v) is 14.0. The minimum atomic E-state index is -1.55. The number of benzene rings is 1. The van der Waals surface area contributed by atoms with Crippen LogP contribution in [-0.4, -0.2) is 69.5 Å². The fourth-order valence-corrected chi connectivity index (χ4v) is 5.60. The molecule has 1 aromatic carbocycles. The zero-order valence-corrected chi connectivity index (χ0v) is 24.5. The van der Waals surface area contributed by atoms with Crippen LogP contribution in [-0.2, 0) is 62.8 Å². The predicted octanol–water partition coefficient (Wildman–Crippen LogP) is 2.93. The maximum absolute atomic E-state index is 12.2. The quantitative estimate of drug-likeness (QED) is 0.291. The Balaban J connectivity index is 1.62. The molecule has 0 spiro atoms. The molecule has 1 fully saturated rings. The number of carbonyl (C=O) groups is 4. The summed E-state index contributed by atoms with van der Waals surface area (Å²) in [5, 5.41) is 5.69. The van der Waals surface area contributed by atoms with E-state index in [1.807, 2.05) is 30.3 Å². The molecule has 5 rings (SSSR count). The monoisotopic (exact) mass is 595 g/mol. The summed E-state index contributed by atoms with van der Waals surface area (Å²) in [6.45, 7) is 4.57. The topological polar surface area (TPSA) is 154 Å². The van der Waals surface area contributed by atoms with Crippen molar-refractivity contribution < 1.29 is 47.6 Å². The van der Waals surface area contributed by atoms with Crippen molar-refractivity contribution in [3.63, 3.8) is 0 Å². The highest BCUT2D eigenvalue weighted by Crippen LogP contribution is 2.40. The molecule has 0 unspecified atom stereocenters. The van der Waals surface area contributed by atoms with E-state index in [0.29, 0.717) is 12.1 Å². The number of ether oxygens (including phenoxy) is 6. The zero-order chi connectivity index (χ0) is 30.8. The highest BCUT2D eigenvalue weighted by atomic mass is 16.8. The summed E-state index contributed by atoms with van der Waals surface area (Å²) >= 11 is 0. The van der Waals surface area contributed by atoms with Crippen LogP contribution >= 0.6 is 0 Å². The van der Waals surface area contributed by atoms with Gasteiger partial charge in [-0.15, -0.1) is 0 Å². The van der Waals surface area contributed by atoms with Gasteiger partial charge >= 0.3 is 23.9 Å². The first-order valence-electron chi connectivity index (χ1n) is 14.0. The predicted molar refractivity (Wildman–Crippen MR) is 148 cm³/mol. The van der Waals surface area contributed by atoms with Gasteiger partial charge in [-0.25, -0.2) is 4.68 Å².